The standard InChI is InChI=1S/C9H17N5O2/c1-5-14(15)7-6(10)8(16-4)12-9(11-7)13(2)3/h15H,5,10H2,1-4H3. The fraction of sp³-hybridized carbons (Fsp3) is 0.556. The van der Waals surface area contributed by atoms with Gasteiger partial charge in [0.1, 0.15) is 5.69 Å². The average molecular weight is 227 g/mol. The minimum atomic E-state index is 0.220. The molecule has 3 N–H and O–H groups in total. The van der Waals surface area contributed by atoms with Crippen LogP contribution in [0.25, 0.3) is 0 Å². The van der Waals surface area contributed by atoms with Gasteiger partial charge >= 0.3 is 0 Å². The van der Waals surface area contributed by atoms with Crippen molar-refractivity contribution in [3.63, 3.8) is 0 Å². The van der Waals surface area contributed by atoms with E-state index in [1.54, 1.807) is 25.9 Å². The summed E-state index contributed by atoms with van der Waals surface area (Å²) >= 11 is 0. The van der Waals surface area contributed by atoms with E-state index in [9.17, 15) is 5.21 Å². The zero-order valence-corrected chi connectivity index (χ0v) is 9.93. The van der Waals surface area contributed by atoms with E-state index < -0.39 is 0 Å². The molecule has 0 saturated carbocycles. The monoisotopic (exact) mass is 227 g/mol. The number of nitrogen functional groups attached to an aromatic ring is 1. The Kier molecular flexibility index (Phi) is 3.73. The second-order valence-electron chi connectivity index (χ2n) is 3.38. The molecule has 0 aliphatic heterocycles. The molecule has 0 saturated heterocycles. The lowest BCUT2D eigenvalue weighted by Crippen LogP contribution is -2.23. The van der Waals surface area contributed by atoms with Crippen LogP contribution in [-0.4, -0.2) is 42.9 Å². The van der Waals surface area contributed by atoms with Crippen LogP contribution in [0.1, 0.15) is 6.92 Å². The highest BCUT2D eigenvalue weighted by Crippen LogP contribution is 2.29. The lowest BCUT2D eigenvalue weighted by atomic mass is 10.4. The number of methoxy groups -OCH3 is 1. The van der Waals surface area contributed by atoms with Crippen molar-refractivity contribution < 1.29 is 9.94 Å². The lowest BCUT2D eigenvalue weighted by Gasteiger charge is -2.19. The number of ether oxygens (including phenoxy) is 1. The zero-order chi connectivity index (χ0) is 12.3. The maximum Gasteiger partial charge on any atom is 0.244 e. The predicted molar refractivity (Wildman–Crippen MR) is 62.1 cm³/mol. The van der Waals surface area contributed by atoms with Crippen molar-refractivity contribution in [2.45, 2.75) is 6.92 Å². The third-order valence-corrected chi connectivity index (χ3v) is 2.02. The van der Waals surface area contributed by atoms with E-state index in [2.05, 4.69) is 9.97 Å². The van der Waals surface area contributed by atoms with Crippen LogP contribution in [0.3, 0.4) is 0 Å². The van der Waals surface area contributed by atoms with Gasteiger partial charge in [0.25, 0.3) is 0 Å². The number of hydroxylamine groups is 1. The molecule has 0 aliphatic rings. The van der Waals surface area contributed by atoms with Crippen LogP contribution in [0.4, 0.5) is 17.5 Å². The van der Waals surface area contributed by atoms with Crippen LogP contribution in [-0.2, 0) is 0 Å². The maximum absolute atomic E-state index is 9.63. The van der Waals surface area contributed by atoms with Gasteiger partial charge in [-0.2, -0.15) is 9.97 Å². The molecule has 7 nitrogen and oxygen atoms in total. The predicted octanol–water partition coefficient (Wildman–Crippen LogP) is 0.349. The quantitative estimate of drug-likeness (QED) is 0.717. The lowest BCUT2D eigenvalue weighted by molar-refractivity contribution is 0.256. The highest BCUT2D eigenvalue weighted by atomic mass is 16.5. The Bertz CT molecular complexity index is 369. The van der Waals surface area contributed by atoms with Gasteiger partial charge in [0, 0.05) is 20.6 Å². The van der Waals surface area contributed by atoms with Crippen molar-refractivity contribution in [2.24, 2.45) is 0 Å². The first-order valence-corrected chi connectivity index (χ1v) is 4.86. The Morgan fingerprint density at radius 1 is 1.38 bits per heavy atom. The number of aromatic nitrogens is 2. The highest BCUT2D eigenvalue weighted by molar-refractivity contribution is 5.69. The summed E-state index contributed by atoms with van der Waals surface area (Å²) in [6, 6.07) is 0. The molecule has 1 heterocycles. The molecule has 90 valence electrons. The van der Waals surface area contributed by atoms with Crippen LogP contribution >= 0.6 is 0 Å². The molecule has 7 heteroatoms. The molecule has 0 radical (unpaired) electrons. The van der Waals surface area contributed by atoms with E-state index in [-0.39, 0.29) is 17.4 Å². The third-order valence-electron chi connectivity index (χ3n) is 2.02. The van der Waals surface area contributed by atoms with Gasteiger partial charge in [-0.1, -0.05) is 0 Å². The number of nitrogens with two attached hydrogens (primary N) is 1. The van der Waals surface area contributed by atoms with E-state index in [0.717, 1.165) is 5.06 Å². The molecule has 0 aliphatic carbocycles. The van der Waals surface area contributed by atoms with Crippen LogP contribution in [0, 0.1) is 0 Å². The fourth-order valence-corrected chi connectivity index (χ4v) is 1.13. The molecule has 0 atom stereocenters. The van der Waals surface area contributed by atoms with Gasteiger partial charge in [0.15, 0.2) is 5.82 Å². The summed E-state index contributed by atoms with van der Waals surface area (Å²) in [4.78, 5) is 9.94. The highest BCUT2D eigenvalue weighted by Gasteiger charge is 2.16. The Hall–Kier alpha value is -1.76. The summed E-state index contributed by atoms with van der Waals surface area (Å²) in [5.74, 6) is 0.924. The SMILES string of the molecule is CCN(O)c1nc(N(C)C)nc(OC)c1N. The molecule has 16 heavy (non-hydrogen) atoms. The van der Waals surface area contributed by atoms with Crippen molar-refractivity contribution >= 4 is 17.5 Å². The average Bonchev–Trinajstić information content (AvgIpc) is 2.28. The van der Waals surface area contributed by atoms with Crippen molar-refractivity contribution in [1.82, 2.24) is 9.97 Å². The molecule has 0 amide bonds. The first kappa shape index (κ1) is 12.3. The summed E-state index contributed by atoms with van der Waals surface area (Å²) < 4.78 is 5.03. The molecule has 1 rings (SSSR count). The minimum Gasteiger partial charge on any atom is -0.479 e. The Labute approximate surface area is 94.4 Å². The first-order chi connectivity index (χ1) is 7.51. The third kappa shape index (κ3) is 2.25. The number of anilines is 3. The molecule has 1 aromatic rings. The normalized spacial score (nSPS) is 10.1. The van der Waals surface area contributed by atoms with Gasteiger partial charge in [-0.15, -0.1) is 0 Å². The van der Waals surface area contributed by atoms with Crippen LogP contribution in [0.2, 0.25) is 0 Å². The van der Waals surface area contributed by atoms with Crippen LogP contribution < -0.4 is 20.4 Å². The molecular formula is C9H17N5O2. The van der Waals surface area contributed by atoms with E-state index in [0.29, 0.717) is 12.5 Å². The Morgan fingerprint density at radius 3 is 2.44 bits per heavy atom. The Morgan fingerprint density at radius 2 is 2.00 bits per heavy atom. The van der Waals surface area contributed by atoms with Gasteiger partial charge < -0.3 is 15.4 Å². The minimum absolute atomic E-state index is 0.220. The number of hydrogen-bond acceptors (Lipinski definition) is 7. The van der Waals surface area contributed by atoms with Gasteiger partial charge in [0.05, 0.1) is 7.11 Å². The second kappa shape index (κ2) is 4.84. The maximum atomic E-state index is 9.63. The molecule has 0 unspecified atom stereocenters. The summed E-state index contributed by atoms with van der Waals surface area (Å²) in [5, 5.41) is 10.6. The van der Waals surface area contributed by atoms with Crippen molar-refractivity contribution in [1.29, 1.82) is 0 Å². The van der Waals surface area contributed by atoms with Crippen molar-refractivity contribution in [2.75, 3.05) is 43.4 Å². The smallest absolute Gasteiger partial charge is 0.244 e. The zero-order valence-electron chi connectivity index (χ0n) is 9.93. The fourth-order valence-electron chi connectivity index (χ4n) is 1.13. The Balaban J connectivity index is 3.29. The van der Waals surface area contributed by atoms with Gasteiger partial charge in [0.2, 0.25) is 11.8 Å². The van der Waals surface area contributed by atoms with E-state index in [1.807, 2.05) is 0 Å². The molecule has 1 aromatic heterocycles. The van der Waals surface area contributed by atoms with Crippen LogP contribution in [0.15, 0.2) is 0 Å². The molecule has 0 spiro atoms. The van der Waals surface area contributed by atoms with Crippen LogP contribution in [0.5, 0.6) is 5.88 Å². The summed E-state index contributed by atoms with van der Waals surface area (Å²) in [6.45, 7) is 2.15. The van der Waals surface area contributed by atoms with E-state index in [1.165, 1.54) is 7.11 Å². The summed E-state index contributed by atoms with van der Waals surface area (Å²) in [7, 11) is 5.06. The van der Waals surface area contributed by atoms with E-state index in [4.69, 9.17) is 10.5 Å². The van der Waals surface area contributed by atoms with Crippen molar-refractivity contribution in [3.8, 4) is 5.88 Å². The number of rotatable bonds is 4. The van der Waals surface area contributed by atoms with Gasteiger partial charge in [-0.25, -0.2) is 5.06 Å². The van der Waals surface area contributed by atoms with E-state index >= 15 is 0 Å². The number of hydrogen-bond donors (Lipinski definition) is 2. The van der Waals surface area contributed by atoms with Gasteiger partial charge in [-0.05, 0) is 6.92 Å². The first-order valence-electron chi connectivity index (χ1n) is 4.86. The van der Waals surface area contributed by atoms with Gasteiger partial charge in [-0.3, -0.25) is 5.21 Å². The number of nitrogens with zero attached hydrogens (tertiary/aromatic N) is 4. The molecule has 0 aromatic carbocycles. The summed E-state index contributed by atoms with van der Waals surface area (Å²) in [6.07, 6.45) is 0. The summed E-state index contributed by atoms with van der Waals surface area (Å²) in [5.41, 5.74) is 5.99. The molecule has 0 fully saturated rings. The largest absolute Gasteiger partial charge is 0.479 e. The topological polar surface area (TPSA) is 87.7 Å². The van der Waals surface area contributed by atoms with Crippen molar-refractivity contribution in [3.05, 3.63) is 0 Å². The second-order valence-corrected chi connectivity index (χ2v) is 3.38. The molecule has 0 bridgehead atoms. The molecular weight excluding hydrogens is 210 g/mol.